The molecule has 3 nitrogen and oxygen atoms in total. The Balaban J connectivity index is 2.10. The summed E-state index contributed by atoms with van der Waals surface area (Å²) in [4.78, 5) is 12.5. The molecule has 0 unspecified atom stereocenters. The predicted molar refractivity (Wildman–Crippen MR) is 74.4 cm³/mol. The second-order valence-corrected chi connectivity index (χ2v) is 5.74. The van der Waals surface area contributed by atoms with Crippen LogP contribution in [0.5, 0.6) is 0 Å². The highest BCUT2D eigenvalue weighted by molar-refractivity contribution is 9.10. The number of rotatable bonds is 4. The molecule has 0 amide bonds. The van der Waals surface area contributed by atoms with Gasteiger partial charge in [0.25, 0.3) is 0 Å². The van der Waals surface area contributed by atoms with Gasteiger partial charge in [0.2, 0.25) is 0 Å². The first-order valence-corrected chi connectivity index (χ1v) is 7.01. The molecule has 18 heavy (non-hydrogen) atoms. The lowest BCUT2D eigenvalue weighted by Gasteiger charge is -2.34. The lowest BCUT2D eigenvalue weighted by Crippen LogP contribution is -2.44. The van der Waals surface area contributed by atoms with Crippen molar-refractivity contribution in [3.63, 3.8) is 0 Å². The lowest BCUT2D eigenvalue weighted by atomic mass is 9.74. The summed E-state index contributed by atoms with van der Waals surface area (Å²) >= 11 is 3.42. The van der Waals surface area contributed by atoms with Gasteiger partial charge in [-0.1, -0.05) is 28.1 Å². The maximum absolute atomic E-state index is 12.5. The monoisotopic (exact) mass is 311 g/mol. The van der Waals surface area contributed by atoms with Crippen molar-refractivity contribution in [1.29, 1.82) is 0 Å². The van der Waals surface area contributed by atoms with E-state index in [4.69, 9.17) is 10.5 Å². The van der Waals surface area contributed by atoms with Crippen LogP contribution in [-0.4, -0.2) is 25.5 Å². The van der Waals surface area contributed by atoms with Crippen LogP contribution in [0.3, 0.4) is 0 Å². The van der Waals surface area contributed by atoms with E-state index >= 15 is 0 Å². The molecule has 1 aromatic carbocycles. The molecule has 0 bridgehead atoms. The van der Waals surface area contributed by atoms with E-state index in [1.54, 1.807) is 0 Å². The topological polar surface area (TPSA) is 52.3 Å². The van der Waals surface area contributed by atoms with Crippen LogP contribution in [-0.2, 0) is 16.0 Å². The molecular weight excluding hydrogens is 294 g/mol. The Labute approximate surface area is 116 Å². The zero-order valence-electron chi connectivity index (χ0n) is 10.3. The third-order valence-corrected chi connectivity index (χ3v) is 4.18. The molecule has 2 N–H and O–H groups in total. The molecule has 0 aliphatic carbocycles. The number of ether oxygens (including phenoxy) is 1. The maximum atomic E-state index is 12.5. The SMILES string of the molecule is NCC1(C(=O)Cc2cccc(Br)c2)CCOCC1. The highest BCUT2D eigenvalue weighted by atomic mass is 79.9. The summed E-state index contributed by atoms with van der Waals surface area (Å²) in [5, 5.41) is 0. The average Bonchev–Trinajstić information content (AvgIpc) is 2.39. The van der Waals surface area contributed by atoms with Crippen molar-refractivity contribution in [3.05, 3.63) is 34.3 Å². The molecule has 0 radical (unpaired) electrons. The van der Waals surface area contributed by atoms with Crippen LogP contribution in [0, 0.1) is 5.41 Å². The summed E-state index contributed by atoms with van der Waals surface area (Å²) in [5.41, 5.74) is 6.50. The Hall–Kier alpha value is -0.710. The minimum Gasteiger partial charge on any atom is -0.381 e. The van der Waals surface area contributed by atoms with Gasteiger partial charge in [0.15, 0.2) is 0 Å². The summed E-state index contributed by atoms with van der Waals surface area (Å²) < 4.78 is 6.33. The molecular formula is C14H18BrNO2. The van der Waals surface area contributed by atoms with E-state index in [-0.39, 0.29) is 11.2 Å². The Morgan fingerprint density at radius 3 is 2.72 bits per heavy atom. The van der Waals surface area contributed by atoms with Gasteiger partial charge in [0, 0.05) is 36.1 Å². The summed E-state index contributed by atoms with van der Waals surface area (Å²) in [6, 6.07) is 7.88. The van der Waals surface area contributed by atoms with Crippen molar-refractivity contribution in [1.82, 2.24) is 0 Å². The molecule has 4 heteroatoms. The molecule has 98 valence electrons. The Bertz CT molecular complexity index is 428. The average molecular weight is 312 g/mol. The van der Waals surface area contributed by atoms with E-state index in [1.165, 1.54) is 0 Å². The van der Waals surface area contributed by atoms with Crippen molar-refractivity contribution < 1.29 is 9.53 Å². The van der Waals surface area contributed by atoms with Gasteiger partial charge in [-0.15, -0.1) is 0 Å². The molecule has 1 saturated heterocycles. The van der Waals surface area contributed by atoms with E-state index in [0.29, 0.717) is 26.2 Å². The van der Waals surface area contributed by atoms with Crippen LogP contribution < -0.4 is 5.73 Å². The molecule has 2 rings (SSSR count). The molecule has 1 heterocycles. The molecule has 0 atom stereocenters. The van der Waals surface area contributed by atoms with E-state index < -0.39 is 0 Å². The second-order valence-electron chi connectivity index (χ2n) is 4.83. The number of halogens is 1. The van der Waals surface area contributed by atoms with Crippen LogP contribution in [0.15, 0.2) is 28.7 Å². The molecule has 0 spiro atoms. The summed E-state index contributed by atoms with van der Waals surface area (Å²) in [6.45, 7) is 1.70. The van der Waals surface area contributed by atoms with Gasteiger partial charge in [-0.3, -0.25) is 4.79 Å². The molecule has 1 aliphatic heterocycles. The van der Waals surface area contributed by atoms with Gasteiger partial charge in [0.05, 0.1) is 0 Å². The second kappa shape index (κ2) is 5.95. The standard InChI is InChI=1S/C14H18BrNO2/c15-12-3-1-2-11(8-12)9-13(17)14(10-16)4-6-18-7-5-14/h1-3,8H,4-7,9-10,16H2. The van der Waals surface area contributed by atoms with Gasteiger partial charge in [-0.25, -0.2) is 0 Å². The number of Topliss-reactive ketones (excluding diaryl/α,β-unsaturated/α-hetero) is 1. The lowest BCUT2D eigenvalue weighted by molar-refractivity contribution is -0.132. The van der Waals surface area contributed by atoms with Crippen molar-refractivity contribution in [2.24, 2.45) is 11.1 Å². The quantitative estimate of drug-likeness (QED) is 0.928. The smallest absolute Gasteiger partial charge is 0.144 e. The largest absolute Gasteiger partial charge is 0.381 e. The van der Waals surface area contributed by atoms with E-state index in [0.717, 1.165) is 22.9 Å². The third-order valence-electron chi connectivity index (χ3n) is 3.69. The van der Waals surface area contributed by atoms with Crippen LogP contribution in [0.25, 0.3) is 0 Å². The van der Waals surface area contributed by atoms with Gasteiger partial charge in [-0.2, -0.15) is 0 Å². The van der Waals surface area contributed by atoms with Crippen LogP contribution in [0.2, 0.25) is 0 Å². The number of ketones is 1. The fourth-order valence-electron chi connectivity index (χ4n) is 2.38. The third kappa shape index (κ3) is 2.99. The van der Waals surface area contributed by atoms with Gasteiger partial charge in [0.1, 0.15) is 5.78 Å². The Morgan fingerprint density at radius 1 is 1.39 bits per heavy atom. The van der Waals surface area contributed by atoms with E-state index in [1.807, 2.05) is 24.3 Å². The minimum absolute atomic E-state index is 0.242. The van der Waals surface area contributed by atoms with E-state index in [9.17, 15) is 4.79 Å². The van der Waals surface area contributed by atoms with E-state index in [2.05, 4.69) is 15.9 Å². The highest BCUT2D eigenvalue weighted by Gasteiger charge is 2.38. The first-order valence-electron chi connectivity index (χ1n) is 6.22. The highest BCUT2D eigenvalue weighted by Crippen LogP contribution is 2.31. The summed E-state index contributed by atoms with van der Waals surface area (Å²) in [5.74, 6) is 0.242. The maximum Gasteiger partial charge on any atom is 0.144 e. The number of hydrogen-bond donors (Lipinski definition) is 1. The first kappa shape index (κ1) is 13.7. The van der Waals surface area contributed by atoms with Crippen molar-refractivity contribution >= 4 is 21.7 Å². The number of benzene rings is 1. The Kier molecular flexibility index (Phi) is 4.54. The molecule has 1 aromatic rings. The van der Waals surface area contributed by atoms with Gasteiger partial charge >= 0.3 is 0 Å². The van der Waals surface area contributed by atoms with Crippen LogP contribution >= 0.6 is 15.9 Å². The molecule has 1 aliphatic rings. The summed E-state index contributed by atoms with van der Waals surface area (Å²) in [7, 11) is 0. The van der Waals surface area contributed by atoms with Crippen molar-refractivity contribution in [3.8, 4) is 0 Å². The fraction of sp³-hybridized carbons (Fsp3) is 0.500. The zero-order valence-corrected chi connectivity index (χ0v) is 11.9. The van der Waals surface area contributed by atoms with Gasteiger partial charge in [-0.05, 0) is 30.5 Å². The fourth-order valence-corrected chi connectivity index (χ4v) is 2.83. The molecule has 1 fully saturated rings. The first-order chi connectivity index (χ1) is 8.66. The number of hydrogen-bond acceptors (Lipinski definition) is 3. The number of carbonyl (C=O) groups excluding carboxylic acids is 1. The summed E-state index contributed by atoms with van der Waals surface area (Å²) in [6.07, 6.45) is 1.95. The number of nitrogens with two attached hydrogens (primary N) is 1. The zero-order chi connectivity index (χ0) is 13.0. The van der Waals surface area contributed by atoms with Gasteiger partial charge < -0.3 is 10.5 Å². The molecule has 0 aromatic heterocycles. The molecule has 0 saturated carbocycles. The Morgan fingerprint density at radius 2 is 2.11 bits per heavy atom. The number of carbonyl (C=O) groups is 1. The van der Waals surface area contributed by atoms with Crippen LogP contribution in [0.4, 0.5) is 0 Å². The van der Waals surface area contributed by atoms with Crippen LogP contribution in [0.1, 0.15) is 18.4 Å². The van der Waals surface area contributed by atoms with Crippen molar-refractivity contribution in [2.75, 3.05) is 19.8 Å². The normalized spacial score (nSPS) is 18.6. The van der Waals surface area contributed by atoms with Crippen molar-refractivity contribution in [2.45, 2.75) is 19.3 Å². The predicted octanol–water partition coefficient (Wildman–Crippen LogP) is 2.32. The minimum atomic E-state index is -0.374.